The lowest BCUT2D eigenvalue weighted by Gasteiger charge is -2.26. The van der Waals surface area contributed by atoms with Crippen LogP contribution >= 0.6 is 24.0 Å². The number of pyridine rings is 1. The van der Waals surface area contributed by atoms with Crippen molar-refractivity contribution in [3.05, 3.63) is 48.0 Å². The van der Waals surface area contributed by atoms with Crippen LogP contribution in [-0.4, -0.2) is 55.7 Å². The number of guanidine groups is 1. The summed E-state index contributed by atoms with van der Waals surface area (Å²) in [5.41, 5.74) is -0.889. The molecule has 0 saturated carbocycles. The Balaban J connectivity index is 0.00000341. The van der Waals surface area contributed by atoms with Gasteiger partial charge in [0.2, 0.25) is 5.88 Å². The van der Waals surface area contributed by atoms with Crippen molar-refractivity contribution in [2.24, 2.45) is 4.99 Å². The first-order valence-electron chi connectivity index (χ1n) is 9.86. The Labute approximate surface area is 196 Å². The van der Waals surface area contributed by atoms with Gasteiger partial charge in [-0.05, 0) is 50.2 Å². The Kier molecular flexibility index (Phi) is 9.88. The molecular formula is C20H27F3IN5O2. The molecule has 1 atom stereocenters. The normalized spacial score (nSPS) is 15.9. The van der Waals surface area contributed by atoms with E-state index in [1.807, 2.05) is 12.1 Å². The summed E-state index contributed by atoms with van der Waals surface area (Å²) in [4.78, 5) is 10.2. The van der Waals surface area contributed by atoms with E-state index in [9.17, 15) is 13.2 Å². The van der Waals surface area contributed by atoms with Crippen LogP contribution in [0.25, 0.3) is 0 Å². The SMILES string of the molecule is CN=C(NCCOc1ncccc1C(F)(F)F)NCC(c1ccco1)N1CCCC1.I. The van der Waals surface area contributed by atoms with E-state index in [0.29, 0.717) is 12.5 Å². The molecule has 1 saturated heterocycles. The molecule has 0 radical (unpaired) electrons. The lowest BCUT2D eigenvalue weighted by atomic mass is 10.2. The first kappa shape index (κ1) is 25.2. The molecule has 0 amide bonds. The van der Waals surface area contributed by atoms with Gasteiger partial charge in [-0.2, -0.15) is 13.2 Å². The minimum absolute atomic E-state index is 0. The molecule has 2 aromatic heterocycles. The molecule has 1 aliphatic rings. The van der Waals surface area contributed by atoms with Crippen molar-refractivity contribution in [1.82, 2.24) is 20.5 Å². The number of ether oxygens (including phenoxy) is 1. The van der Waals surface area contributed by atoms with E-state index >= 15 is 0 Å². The van der Waals surface area contributed by atoms with E-state index in [0.717, 1.165) is 37.8 Å². The highest BCUT2D eigenvalue weighted by Gasteiger charge is 2.35. The number of likely N-dealkylation sites (tertiary alicyclic amines) is 1. The summed E-state index contributed by atoms with van der Waals surface area (Å²) >= 11 is 0. The number of furan rings is 1. The second-order valence-electron chi connectivity index (χ2n) is 6.86. The molecular weight excluding hydrogens is 526 g/mol. The summed E-state index contributed by atoms with van der Waals surface area (Å²) in [6, 6.07) is 6.09. The third kappa shape index (κ3) is 7.27. The average Bonchev–Trinajstić information content (AvgIpc) is 3.44. The van der Waals surface area contributed by atoms with Crippen molar-refractivity contribution in [2.45, 2.75) is 25.1 Å². The predicted octanol–water partition coefficient (Wildman–Crippen LogP) is 3.69. The molecule has 1 aliphatic heterocycles. The highest BCUT2D eigenvalue weighted by Crippen LogP contribution is 2.34. The zero-order valence-corrected chi connectivity index (χ0v) is 19.5. The van der Waals surface area contributed by atoms with Crippen molar-refractivity contribution < 1.29 is 22.3 Å². The molecule has 3 rings (SSSR count). The van der Waals surface area contributed by atoms with Crippen molar-refractivity contribution >= 4 is 29.9 Å². The van der Waals surface area contributed by atoms with E-state index in [1.54, 1.807) is 13.3 Å². The number of nitrogens with zero attached hydrogens (tertiary/aromatic N) is 3. The van der Waals surface area contributed by atoms with Crippen molar-refractivity contribution in [3.63, 3.8) is 0 Å². The number of alkyl halides is 3. The molecule has 172 valence electrons. The molecule has 0 spiro atoms. The Morgan fingerprint density at radius 3 is 2.68 bits per heavy atom. The van der Waals surface area contributed by atoms with Gasteiger partial charge < -0.3 is 19.8 Å². The number of hydrogen-bond donors (Lipinski definition) is 2. The molecule has 2 N–H and O–H groups in total. The largest absolute Gasteiger partial charge is 0.475 e. The van der Waals surface area contributed by atoms with E-state index in [-0.39, 0.29) is 43.2 Å². The van der Waals surface area contributed by atoms with Gasteiger partial charge in [0.05, 0.1) is 18.8 Å². The zero-order chi connectivity index (χ0) is 21.4. The standard InChI is InChI=1S/C20H26F3N5O2.HI/c1-24-19(26-9-13-30-18-15(20(21,22)23)6-4-8-25-18)27-14-16(17-7-5-12-29-17)28-10-2-3-11-28;/h4-8,12,16H,2-3,9-11,13-14H2,1H3,(H2,24,26,27);1H. The number of rotatable bonds is 8. The summed E-state index contributed by atoms with van der Waals surface area (Å²) in [6.07, 6.45) is 0.746. The van der Waals surface area contributed by atoms with Gasteiger partial charge in [0.25, 0.3) is 0 Å². The quantitative estimate of drug-likeness (QED) is 0.225. The van der Waals surface area contributed by atoms with Gasteiger partial charge in [-0.15, -0.1) is 24.0 Å². The smallest absolute Gasteiger partial charge is 0.421 e. The Hall–Kier alpha value is -2.02. The summed E-state index contributed by atoms with van der Waals surface area (Å²) in [7, 11) is 1.63. The Bertz CT molecular complexity index is 811. The third-order valence-electron chi connectivity index (χ3n) is 4.85. The maximum atomic E-state index is 13.0. The highest BCUT2D eigenvalue weighted by molar-refractivity contribution is 14.0. The molecule has 2 aromatic rings. The van der Waals surface area contributed by atoms with Gasteiger partial charge in [-0.1, -0.05) is 0 Å². The molecule has 1 unspecified atom stereocenters. The van der Waals surface area contributed by atoms with Gasteiger partial charge in [-0.3, -0.25) is 9.89 Å². The van der Waals surface area contributed by atoms with Crippen LogP contribution in [0, 0.1) is 0 Å². The van der Waals surface area contributed by atoms with Gasteiger partial charge in [-0.25, -0.2) is 4.98 Å². The lowest BCUT2D eigenvalue weighted by Crippen LogP contribution is -2.43. The van der Waals surface area contributed by atoms with Gasteiger partial charge in [0, 0.05) is 19.8 Å². The van der Waals surface area contributed by atoms with Crippen LogP contribution in [0.2, 0.25) is 0 Å². The molecule has 7 nitrogen and oxygen atoms in total. The van der Waals surface area contributed by atoms with Gasteiger partial charge >= 0.3 is 6.18 Å². The van der Waals surface area contributed by atoms with Crippen molar-refractivity contribution in [1.29, 1.82) is 0 Å². The van der Waals surface area contributed by atoms with Crippen LogP contribution in [0.1, 0.15) is 30.2 Å². The van der Waals surface area contributed by atoms with E-state index in [1.165, 1.54) is 12.3 Å². The maximum absolute atomic E-state index is 13.0. The van der Waals surface area contributed by atoms with Crippen LogP contribution < -0.4 is 15.4 Å². The molecule has 11 heteroatoms. The van der Waals surface area contributed by atoms with Crippen LogP contribution in [-0.2, 0) is 6.18 Å². The summed E-state index contributed by atoms with van der Waals surface area (Å²) in [5, 5.41) is 6.30. The topological polar surface area (TPSA) is 74.9 Å². The number of nitrogens with one attached hydrogen (secondary N) is 2. The van der Waals surface area contributed by atoms with Crippen molar-refractivity contribution in [3.8, 4) is 5.88 Å². The summed E-state index contributed by atoms with van der Waals surface area (Å²) < 4.78 is 49.8. The molecule has 0 aliphatic carbocycles. The van der Waals surface area contributed by atoms with Crippen LogP contribution in [0.4, 0.5) is 13.2 Å². The number of aromatic nitrogens is 1. The number of hydrogen-bond acceptors (Lipinski definition) is 5. The lowest BCUT2D eigenvalue weighted by molar-refractivity contribution is -0.139. The molecule has 0 bridgehead atoms. The second-order valence-corrected chi connectivity index (χ2v) is 6.86. The van der Waals surface area contributed by atoms with E-state index in [2.05, 4.69) is 25.5 Å². The highest BCUT2D eigenvalue weighted by atomic mass is 127. The fourth-order valence-corrected chi connectivity index (χ4v) is 3.40. The summed E-state index contributed by atoms with van der Waals surface area (Å²) in [6.45, 7) is 2.89. The van der Waals surface area contributed by atoms with Crippen LogP contribution in [0.5, 0.6) is 5.88 Å². The van der Waals surface area contributed by atoms with Crippen LogP contribution in [0.15, 0.2) is 46.1 Å². The number of halogens is 4. The Morgan fingerprint density at radius 2 is 2.03 bits per heavy atom. The molecule has 1 fully saturated rings. The average molecular weight is 553 g/mol. The van der Waals surface area contributed by atoms with Gasteiger partial charge in [0.1, 0.15) is 17.9 Å². The Morgan fingerprint density at radius 1 is 1.26 bits per heavy atom. The van der Waals surface area contributed by atoms with E-state index < -0.39 is 17.6 Å². The zero-order valence-electron chi connectivity index (χ0n) is 17.2. The minimum atomic E-state index is -4.51. The maximum Gasteiger partial charge on any atom is 0.421 e. The first-order chi connectivity index (χ1) is 14.5. The van der Waals surface area contributed by atoms with Crippen LogP contribution in [0.3, 0.4) is 0 Å². The molecule has 31 heavy (non-hydrogen) atoms. The van der Waals surface area contributed by atoms with Crippen molar-refractivity contribution in [2.75, 3.05) is 39.8 Å². The number of aliphatic imine (C=N–C) groups is 1. The first-order valence-corrected chi connectivity index (χ1v) is 9.86. The fraction of sp³-hybridized carbons (Fsp3) is 0.500. The predicted molar refractivity (Wildman–Crippen MR) is 122 cm³/mol. The third-order valence-corrected chi connectivity index (χ3v) is 4.85. The fourth-order valence-electron chi connectivity index (χ4n) is 3.40. The minimum Gasteiger partial charge on any atom is -0.475 e. The van der Waals surface area contributed by atoms with Gasteiger partial charge in [0.15, 0.2) is 5.96 Å². The van der Waals surface area contributed by atoms with E-state index in [4.69, 9.17) is 9.15 Å². The monoisotopic (exact) mass is 553 g/mol. The molecule has 3 heterocycles. The second kappa shape index (κ2) is 12.1. The summed E-state index contributed by atoms with van der Waals surface area (Å²) in [5.74, 6) is 0.992. The molecule has 0 aromatic carbocycles.